The Kier molecular flexibility index (Phi) is 7.11. The normalized spacial score (nSPS) is 18.7. The van der Waals surface area contributed by atoms with Crippen LogP contribution in [-0.4, -0.2) is 57.8 Å². The Morgan fingerprint density at radius 1 is 1.00 bits per heavy atom. The van der Waals surface area contributed by atoms with E-state index < -0.39 is 10.0 Å². The van der Waals surface area contributed by atoms with E-state index in [-0.39, 0.29) is 10.8 Å². The summed E-state index contributed by atoms with van der Waals surface area (Å²) in [4.78, 5) is 14.9. The number of nitrogens with zero attached hydrogens (tertiary/aromatic N) is 4. The van der Waals surface area contributed by atoms with E-state index in [0.29, 0.717) is 39.1 Å². The second kappa shape index (κ2) is 10.3. The first-order valence-corrected chi connectivity index (χ1v) is 14.5. The molecule has 10 heteroatoms. The monoisotopic (exact) mass is 538 g/mol. The maximum absolute atomic E-state index is 13.4. The molecule has 5 rings (SSSR count). The highest BCUT2D eigenvalue weighted by molar-refractivity contribution is 8.26. The summed E-state index contributed by atoms with van der Waals surface area (Å²) < 4.78 is 30.7. The van der Waals surface area contributed by atoms with Crippen LogP contribution in [0.1, 0.15) is 31.2 Å². The van der Waals surface area contributed by atoms with Crippen LogP contribution in [0.4, 0.5) is 0 Å². The molecule has 186 valence electrons. The molecule has 1 amide bonds. The van der Waals surface area contributed by atoms with E-state index in [4.69, 9.17) is 17.3 Å². The Labute approximate surface area is 220 Å². The van der Waals surface area contributed by atoms with Gasteiger partial charge in [-0.2, -0.15) is 9.40 Å². The van der Waals surface area contributed by atoms with Crippen molar-refractivity contribution < 1.29 is 13.2 Å². The van der Waals surface area contributed by atoms with Crippen molar-refractivity contribution in [2.45, 2.75) is 30.6 Å². The van der Waals surface area contributed by atoms with Crippen LogP contribution in [0.25, 0.3) is 23.0 Å². The number of thioether (sulfide) groups is 1. The average Bonchev–Trinajstić information content (AvgIpc) is 3.25. The molecule has 2 fully saturated rings. The van der Waals surface area contributed by atoms with E-state index in [1.54, 1.807) is 40.3 Å². The van der Waals surface area contributed by atoms with Crippen LogP contribution >= 0.6 is 24.0 Å². The molecule has 0 aliphatic carbocycles. The molecule has 2 saturated heterocycles. The van der Waals surface area contributed by atoms with E-state index in [1.165, 1.54) is 16.7 Å². The van der Waals surface area contributed by atoms with E-state index in [2.05, 4.69) is 0 Å². The minimum atomic E-state index is -3.62. The van der Waals surface area contributed by atoms with Crippen molar-refractivity contribution in [3.05, 3.63) is 71.3 Å². The van der Waals surface area contributed by atoms with E-state index >= 15 is 0 Å². The number of sulfonamides is 1. The first kappa shape index (κ1) is 24.9. The lowest BCUT2D eigenvalue weighted by molar-refractivity contribution is -0.121. The molecular formula is C26H26N4O3S3. The number of para-hydroxylation sites is 1. The molecule has 0 unspecified atom stereocenters. The van der Waals surface area contributed by atoms with Gasteiger partial charge in [-0.1, -0.05) is 67.2 Å². The molecule has 7 nitrogen and oxygen atoms in total. The number of benzene rings is 2. The van der Waals surface area contributed by atoms with E-state index in [9.17, 15) is 13.2 Å². The van der Waals surface area contributed by atoms with E-state index in [1.807, 2.05) is 42.6 Å². The summed E-state index contributed by atoms with van der Waals surface area (Å²) in [5.74, 6) is -0.166. The fourth-order valence-electron chi connectivity index (χ4n) is 4.35. The smallest absolute Gasteiger partial charge is 0.265 e. The molecule has 0 N–H and O–H groups in total. The van der Waals surface area contributed by atoms with Crippen LogP contribution in [0.5, 0.6) is 0 Å². The number of hydrogen-bond donors (Lipinski definition) is 0. The molecule has 2 aliphatic heterocycles. The number of aromatic nitrogens is 2. The maximum Gasteiger partial charge on any atom is 0.265 e. The maximum atomic E-state index is 13.4. The van der Waals surface area contributed by atoms with Crippen LogP contribution in [0.3, 0.4) is 0 Å². The number of hydrogen-bond acceptors (Lipinski definition) is 6. The number of carbonyl (C=O) groups excluding carboxylic acids is 1. The largest absolute Gasteiger partial charge is 0.296 e. The highest BCUT2D eigenvalue weighted by Gasteiger charge is 2.30. The predicted octanol–water partition coefficient (Wildman–Crippen LogP) is 4.94. The van der Waals surface area contributed by atoms with Gasteiger partial charge in [-0.05, 0) is 43.2 Å². The van der Waals surface area contributed by atoms with E-state index in [0.717, 1.165) is 31.4 Å². The quantitative estimate of drug-likeness (QED) is 0.339. The van der Waals surface area contributed by atoms with Crippen molar-refractivity contribution in [3.8, 4) is 16.9 Å². The molecule has 0 spiro atoms. The summed E-state index contributed by atoms with van der Waals surface area (Å²) >= 11 is 6.53. The summed E-state index contributed by atoms with van der Waals surface area (Å²) in [5.41, 5.74) is 2.82. The summed E-state index contributed by atoms with van der Waals surface area (Å²) in [6, 6.07) is 16.6. The number of amides is 1. The van der Waals surface area contributed by atoms with Crippen molar-refractivity contribution in [1.29, 1.82) is 0 Å². The third-order valence-electron chi connectivity index (χ3n) is 6.35. The zero-order valence-electron chi connectivity index (χ0n) is 19.8. The fourth-order valence-corrected chi connectivity index (χ4v) is 7.09. The van der Waals surface area contributed by atoms with Gasteiger partial charge in [-0.3, -0.25) is 9.69 Å². The van der Waals surface area contributed by atoms with Crippen molar-refractivity contribution in [3.63, 3.8) is 0 Å². The lowest BCUT2D eigenvalue weighted by Crippen LogP contribution is -2.31. The first-order chi connectivity index (χ1) is 17.3. The lowest BCUT2D eigenvalue weighted by atomic mass is 10.1. The molecule has 36 heavy (non-hydrogen) atoms. The zero-order valence-corrected chi connectivity index (χ0v) is 22.3. The van der Waals surface area contributed by atoms with Crippen LogP contribution in [0.15, 0.2) is 70.6 Å². The summed E-state index contributed by atoms with van der Waals surface area (Å²) in [6.07, 6.45) is 7.48. The lowest BCUT2D eigenvalue weighted by Gasteiger charge is -2.20. The number of thiocarbonyl (C=S) groups is 1. The highest BCUT2D eigenvalue weighted by Crippen LogP contribution is 2.34. The Balaban J connectivity index is 1.59. The number of likely N-dealkylation sites (N-methyl/N-ethyl adjacent to an activating group) is 1. The van der Waals surface area contributed by atoms with Gasteiger partial charge in [0, 0.05) is 37.5 Å². The summed E-state index contributed by atoms with van der Waals surface area (Å²) in [7, 11) is -1.96. The second-order valence-electron chi connectivity index (χ2n) is 8.80. The van der Waals surface area contributed by atoms with Gasteiger partial charge in [-0.15, -0.1) is 0 Å². The Morgan fingerprint density at radius 2 is 1.72 bits per heavy atom. The predicted molar refractivity (Wildman–Crippen MR) is 147 cm³/mol. The van der Waals surface area contributed by atoms with Crippen molar-refractivity contribution >= 4 is 50.3 Å². The summed E-state index contributed by atoms with van der Waals surface area (Å²) in [6.45, 7) is 1.08. The molecule has 0 bridgehead atoms. The van der Waals surface area contributed by atoms with Gasteiger partial charge in [0.2, 0.25) is 10.0 Å². The average molecular weight is 539 g/mol. The highest BCUT2D eigenvalue weighted by atomic mass is 32.2. The standard InChI is InChI=1S/C26H26N4O3S3/c1-28-25(31)23(35-26(28)34)17-20-18-30(21-11-5-4-6-12-21)27-24(20)19-10-9-13-22(16-19)36(32,33)29-14-7-2-3-8-15-29/h4-6,9-13,16-18H,2-3,7-8,14-15H2,1H3. The molecule has 1 aromatic heterocycles. The van der Waals surface area contributed by atoms with Gasteiger partial charge < -0.3 is 0 Å². The van der Waals surface area contributed by atoms with Crippen LogP contribution in [-0.2, 0) is 14.8 Å². The zero-order chi connectivity index (χ0) is 25.3. The van der Waals surface area contributed by atoms with Crippen LogP contribution < -0.4 is 0 Å². The number of carbonyl (C=O) groups is 1. The molecule has 3 heterocycles. The minimum absolute atomic E-state index is 0.166. The Bertz CT molecular complexity index is 1440. The molecule has 2 aromatic carbocycles. The summed E-state index contributed by atoms with van der Waals surface area (Å²) in [5, 5.41) is 4.80. The van der Waals surface area contributed by atoms with Crippen molar-refractivity contribution in [2.24, 2.45) is 0 Å². The molecular weight excluding hydrogens is 513 g/mol. The Hall–Kier alpha value is -2.79. The fraction of sp³-hybridized carbons (Fsp3) is 0.269. The third-order valence-corrected chi connectivity index (χ3v) is 9.73. The first-order valence-electron chi connectivity index (χ1n) is 11.8. The SMILES string of the molecule is CN1C(=O)C(=Cc2cn(-c3ccccc3)nc2-c2cccc(S(=O)(=O)N3CCCCCC3)c2)SC1=S. The van der Waals surface area contributed by atoms with Gasteiger partial charge in [0.1, 0.15) is 10.0 Å². The van der Waals surface area contributed by atoms with Gasteiger partial charge in [0.25, 0.3) is 5.91 Å². The second-order valence-corrected chi connectivity index (χ2v) is 12.4. The third kappa shape index (κ3) is 4.90. The van der Waals surface area contributed by atoms with Crippen LogP contribution in [0.2, 0.25) is 0 Å². The molecule has 3 aromatic rings. The van der Waals surface area contributed by atoms with Crippen molar-refractivity contribution in [1.82, 2.24) is 19.0 Å². The van der Waals surface area contributed by atoms with Gasteiger partial charge in [-0.25, -0.2) is 13.1 Å². The van der Waals surface area contributed by atoms with Gasteiger partial charge in [0.15, 0.2) is 0 Å². The molecule has 0 atom stereocenters. The van der Waals surface area contributed by atoms with Gasteiger partial charge >= 0.3 is 0 Å². The van der Waals surface area contributed by atoms with Gasteiger partial charge in [0.05, 0.1) is 15.5 Å². The topological polar surface area (TPSA) is 75.5 Å². The molecule has 2 aliphatic rings. The van der Waals surface area contributed by atoms with Crippen LogP contribution in [0, 0.1) is 0 Å². The molecule has 0 saturated carbocycles. The van der Waals surface area contributed by atoms with Crippen molar-refractivity contribution in [2.75, 3.05) is 20.1 Å². The Morgan fingerprint density at radius 3 is 2.39 bits per heavy atom. The molecule has 0 radical (unpaired) electrons. The number of rotatable bonds is 5. The minimum Gasteiger partial charge on any atom is -0.296 e.